The molecular formula is C31H32ClN5O4. The van der Waals surface area contributed by atoms with E-state index in [4.69, 9.17) is 21.3 Å². The van der Waals surface area contributed by atoms with Crippen LogP contribution in [0.5, 0.6) is 5.88 Å². The highest BCUT2D eigenvalue weighted by molar-refractivity contribution is 6.31. The quantitative estimate of drug-likeness (QED) is 0.241. The van der Waals surface area contributed by atoms with E-state index < -0.39 is 0 Å². The van der Waals surface area contributed by atoms with Crippen LogP contribution in [-0.4, -0.2) is 73.0 Å². The first-order chi connectivity index (χ1) is 19.7. The van der Waals surface area contributed by atoms with Crippen molar-refractivity contribution in [3.05, 3.63) is 82.9 Å². The van der Waals surface area contributed by atoms with Crippen LogP contribution in [0.25, 0.3) is 10.9 Å². The van der Waals surface area contributed by atoms with Crippen LogP contribution in [0, 0.1) is 0 Å². The van der Waals surface area contributed by atoms with Crippen molar-refractivity contribution in [2.45, 2.75) is 13.3 Å². The predicted octanol–water partition coefficient (Wildman–Crippen LogP) is 5.96. The van der Waals surface area contributed by atoms with Crippen LogP contribution in [0.3, 0.4) is 0 Å². The lowest BCUT2D eigenvalue weighted by Crippen LogP contribution is -2.31. The molecule has 0 saturated carbocycles. The van der Waals surface area contributed by atoms with Crippen LogP contribution in [0.1, 0.15) is 24.5 Å². The number of cyclic esters (lactones) is 1. The summed E-state index contributed by atoms with van der Waals surface area (Å²) in [6.45, 7) is 3.90. The largest absolute Gasteiger partial charge is 0.494 e. The predicted molar refractivity (Wildman–Crippen MR) is 163 cm³/mol. The van der Waals surface area contributed by atoms with Crippen LogP contribution in [-0.2, 0) is 9.53 Å². The standard InChI is InChI=1S/C31H32ClN5O4/c1-20(38)36(16-4-15-35(2)3)24-12-8-23(9-13-24)33-29(28-26-14-7-22(32)19-27(26)34-30(28)39)21-5-10-25(11-6-21)37-17-18-41-31(37)40/h5-14,19,34,39H,4,15-18H2,1-3H3. The summed E-state index contributed by atoms with van der Waals surface area (Å²) < 4.78 is 5.07. The van der Waals surface area contributed by atoms with Gasteiger partial charge in [-0.2, -0.15) is 0 Å². The molecule has 0 unspecified atom stereocenters. The minimum Gasteiger partial charge on any atom is -0.494 e. The van der Waals surface area contributed by atoms with Gasteiger partial charge in [0.2, 0.25) is 5.91 Å². The number of aliphatic imine (C=N–C) groups is 1. The van der Waals surface area contributed by atoms with E-state index in [1.165, 1.54) is 0 Å². The maximum Gasteiger partial charge on any atom is 0.414 e. The van der Waals surface area contributed by atoms with Crippen molar-refractivity contribution in [2.24, 2.45) is 4.99 Å². The number of anilines is 2. The minimum atomic E-state index is -0.376. The van der Waals surface area contributed by atoms with Crippen molar-refractivity contribution in [3.63, 3.8) is 0 Å². The summed E-state index contributed by atoms with van der Waals surface area (Å²) in [5.74, 6) is -0.0569. The second-order valence-electron chi connectivity index (χ2n) is 10.2. The number of rotatable bonds is 9. The number of halogens is 1. The van der Waals surface area contributed by atoms with Crippen molar-refractivity contribution in [1.29, 1.82) is 0 Å². The first kappa shape index (κ1) is 28.2. The molecule has 10 heteroatoms. The number of aromatic hydroxyl groups is 1. The van der Waals surface area contributed by atoms with Crippen LogP contribution >= 0.6 is 11.6 Å². The van der Waals surface area contributed by atoms with E-state index in [1.54, 1.807) is 28.9 Å². The lowest BCUT2D eigenvalue weighted by Gasteiger charge is -2.22. The fourth-order valence-corrected chi connectivity index (χ4v) is 5.11. The Morgan fingerprint density at radius 3 is 2.44 bits per heavy atom. The van der Waals surface area contributed by atoms with E-state index in [9.17, 15) is 14.7 Å². The van der Waals surface area contributed by atoms with Gasteiger partial charge in [0.05, 0.1) is 29.0 Å². The third-order valence-electron chi connectivity index (χ3n) is 6.96. The zero-order valence-electron chi connectivity index (χ0n) is 23.2. The molecule has 41 heavy (non-hydrogen) atoms. The molecule has 0 radical (unpaired) electrons. The van der Waals surface area contributed by atoms with Crippen molar-refractivity contribution >= 4 is 57.3 Å². The third-order valence-corrected chi connectivity index (χ3v) is 7.20. The summed E-state index contributed by atoms with van der Waals surface area (Å²) in [6.07, 6.45) is 0.477. The number of nitrogens with zero attached hydrogens (tertiary/aromatic N) is 4. The smallest absolute Gasteiger partial charge is 0.414 e. The van der Waals surface area contributed by atoms with Crippen molar-refractivity contribution in [3.8, 4) is 5.88 Å². The van der Waals surface area contributed by atoms with Crippen LogP contribution < -0.4 is 9.80 Å². The molecule has 1 fully saturated rings. The highest BCUT2D eigenvalue weighted by Crippen LogP contribution is 2.34. The van der Waals surface area contributed by atoms with E-state index in [1.807, 2.05) is 68.7 Å². The van der Waals surface area contributed by atoms with E-state index in [0.29, 0.717) is 52.9 Å². The molecule has 0 spiro atoms. The van der Waals surface area contributed by atoms with Gasteiger partial charge in [0.25, 0.3) is 0 Å². The number of H-pyrrole nitrogens is 1. The molecule has 3 aromatic carbocycles. The number of hydrogen-bond acceptors (Lipinski definition) is 6. The maximum absolute atomic E-state index is 12.4. The molecule has 1 saturated heterocycles. The lowest BCUT2D eigenvalue weighted by molar-refractivity contribution is -0.116. The highest BCUT2D eigenvalue weighted by atomic mass is 35.5. The summed E-state index contributed by atoms with van der Waals surface area (Å²) in [5.41, 5.74) is 4.65. The van der Waals surface area contributed by atoms with Gasteiger partial charge in [0, 0.05) is 40.8 Å². The summed E-state index contributed by atoms with van der Waals surface area (Å²) in [6, 6.07) is 20.2. The second kappa shape index (κ2) is 12.0. The number of benzene rings is 3. The average Bonchev–Trinajstić information content (AvgIpc) is 3.51. The number of ether oxygens (including phenoxy) is 1. The topological polar surface area (TPSA) is 101 Å². The Balaban J connectivity index is 1.53. The van der Waals surface area contributed by atoms with Gasteiger partial charge in [0.1, 0.15) is 6.61 Å². The van der Waals surface area contributed by atoms with Gasteiger partial charge in [-0.25, -0.2) is 9.79 Å². The van der Waals surface area contributed by atoms with Gasteiger partial charge < -0.3 is 24.6 Å². The number of aromatic amines is 1. The van der Waals surface area contributed by atoms with Crippen LogP contribution in [0.4, 0.5) is 21.9 Å². The zero-order chi connectivity index (χ0) is 29.1. The maximum atomic E-state index is 12.4. The van der Waals surface area contributed by atoms with Gasteiger partial charge in [-0.1, -0.05) is 29.8 Å². The van der Waals surface area contributed by atoms with E-state index in [2.05, 4.69) is 9.88 Å². The zero-order valence-corrected chi connectivity index (χ0v) is 24.0. The van der Waals surface area contributed by atoms with Gasteiger partial charge in [-0.05, 0) is 75.6 Å². The minimum absolute atomic E-state index is 0.0231. The Kier molecular flexibility index (Phi) is 8.28. The first-order valence-corrected chi connectivity index (χ1v) is 13.8. The molecule has 1 aromatic heterocycles. The van der Waals surface area contributed by atoms with Crippen molar-refractivity contribution in [1.82, 2.24) is 9.88 Å². The molecule has 5 rings (SSSR count). The Bertz CT molecular complexity index is 1600. The molecular weight excluding hydrogens is 542 g/mol. The molecule has 0 atom stereocenters. The van der Waals surface area contributed by atoms with Gasteiger partial charge in [-0.3, -0.25) is 9.69 Å². The first-order valence-electron chi connectivity index (χ1n) is 13.4. The molecule has 2 amide bonds. The molecule has 2 N–H and O–H groups in total. The number of nitrogens with one attached hydrogen (secondary N) is 1. The van der Waals surface area contributed by atoms with Gasteiger partial charge in [-0.15, -0.1) is 0 Å². The Hall–Kier alpha value is -4.34. The van der Waals surface area contributed by atoms with Crippen LogP contribution in [0.2, 0.25) is 5.02 Å². The second-order valence-corrected chi connectivity index (χ2v) is 10.6. The van der Waals surface area contributed by atoms with Gasteiger partial charge in [0.15, 0.2) is 5.88 Å². The summed E-state index contributed by atoms with van der Waals surface area (Å²) in [4.78, 5) is 37.8. The normalized spacial score (nSPS) is 13.7. The summed E-state index contributed by atoms with van der Waals surface area (Å²) >= 11 is 6.20. The number of aromatic nitrogens is 1. The van der Waals surface area contributed by atoms with Crippen molar-refractivity contribution in [2.75, 3.05) is 50.1 Å². The average molecular weight is 574 g/mol. The fraction of sp³-hybridized carbons (Fsp3) is 0.258. The molecule has 212 valence electrons. The highest BCUT2D eigenvalue weighted by Gasteiger charge is 2.24. The molecule has 1 aliphatic rings. The number of hydrogen-bond donors (Lipinski definition) is 2. The van der Waals surface area contributed by atoms with Crippen LogP contribution in [0.15, 0.2) is 71.7 Å². The SMILES string of the molecule is CC(=O)N(CCCN(C)C)c1ccc(N=C(c2ccc(N3CCOC3=O)cc2)c2c(O)[nH]c3cc(Cl)ccc23)cc1. The molecule has 0 aliphatic carbocycles. The number of amides is 2. The Labute approximate surface area is 243 Å². The monoisotopic (exact) mass is 573 g/mol. The van der Waals surface area contributed by atoms with Crippen molar-refractivity contribution < 1.29 is 19.4 Å². The van der Waals surface area contributed by atoms with Gasteiger partial charge >= 0.3 is 6.09 Å². The molecule has 2 heterocycles. The third kappa shape index (κ3) is 6.21. The molecule has 1 aliphatic heterocycles. The molecule has 9 nitrogen and oxygen atoms in total. The van der Waals surface area contributed by atoms with E-state index in [0.717, 1.165) is 29.6 Å². The summed E-state index contributed by atoms with van der Waals surface area (Å²) in [7, 11) is 4.02. The summed E-state index contributed by atoms with van der Waals surface area (Å²) in [5, 5.41) is 12.3. The van der Waals surface area contributed by atoms with E-state index in [-0.39, 0.29) is 17.9 Å². The number of fused-ring (bicyclic) bond motifs is 1. The molecule has 4 aromatic rings. The lowest BCUT2D eigenvalue weighted by atomic mass is 10.00. The number of carbonyl (C=O) groups is 2. The number of carbonyl (C=O) groups excluding carboxylic acids is 2. The van der Waals surface area contributed by atoms with E-state index >= 15 is 0 Å². The Morgan fingerprint density at radius 1 is 1.07 bits per heavy atom. The fourth-order valence-electron chi connectivity index (χ4n) is 4.94. The Morgan fingerprint density at radius 2 is 1.80 bits per heavy atom. The molecule has 0 bridgehead atoms.